The molecule has 1 atom stereocenters. The van der Waals surface area contributed by atoms with Crippen LogP contribution in [0.3, 0.4) is 0 Å². The lowest BCUT2D eigenvalue weighted by Gasteiger charge is -2.48. The summed E-state index contributed by atoms with van der Waals surface area (Å²) in [5.74, 6) is 0.261. The highest BCUT2D eigenvalue weighted by atomic mass is 16.5. The fourth-order valence-electron chi connectivity index (χ4n) is 4.47. The van der Waals surface area contributed by atoms with Gasteiger partial charge in [0.25, 0.3) is 5.91 Å². The Bertz CT molecular complexity index is 849. The molecular formula is C20H26N4O3. The summed E-state index contributed by atoms with van der Waals surface area (Å²) in [6, 6.07) is 5.61. The molecule has 0 saturated carbocycles. The average molecular weight is 370 g/mol. The first-order valence-electron chi connectivity index (χ1n) is 9.59. The zero-order valence-electron chi connectivity index (χ0n) is 15.7. The number of aromatic amines is 1. The van der Waals surface area contributed by atoms with Crippen molar-refractivity contribution in [3.8, 4) is 0 Å². The first kappa shape index (κ1) is 18.0. The molecule has 2 saturated heterocycles. The number of rotatable bonds is 4. The van der Waals surface area contributed by atoms with Crippen LogP contribution in [-0.2, 0) is 9.53 Å². The van der Waals surface area contributed by atoms with Crippen LogP contribution >= 0.6 is 0 Å². The predicted octanol–water partition coefficient (Wildman–Crippen LogP) is 2.05. The average Bonchev–Trinajstić information content (AvgIpc) is 3.16. The van der Waals surface area contributed by atoms with E-state index in [0.29, 0.717) is 31.7 Å². The summed E-state index contributed by atoms with van der Waals surface area (Å²) in [4.78, 5) is 36.5. The second kappa shape index (κ2) is 7.31. The molecule has 7 heteroatoms. The predicted molar refractivity (Wildman–Crippen MR) is 101 cm³/mol. The Labute approximate surface area is 158 Å². The van der Waals surface area contributed by atoms with Crippen molar-refractivity contribution in [3.63, 3.8) is 0 Å². The molecule has 3 heterocycles. The molecule has 144 valence electrons. The van der Waals surface area contributed by atoms with E-state index < -0.39 is 0 Å². The van der Waals surface area contributed by atoms with Gasteiger partial charge in [0.05, 0.1) is 24.0 Å². The van der Waals surface area contributed by atoms with Crippen molar-refractivity contribution in [2.45, 2.75) is 25.7 Å². The summed E-state index contributed by atoms with van der Waals surface area (Å²) in [7, 11) is 1.65. The van der Waals surface area contributed by atoms with Gasteiger partial charge in [-0.2, -0.15) is 0 Å². The topological polar surface area (TPSA) is 78.5 Å². The normalized spacial score (nSPS) is 23.4. The van der Waals surface area contributed by atoms with E-state index in [4.69, 9.17) is 4.74 Å². The Balaban J connectivity index is 1.49. The van der Waals surface area contributed by atoms with Crippen molar-refractivity contribution >= 4 is 22.8 Å². The van der Waals surface area contributed by atoms with Gasteiger partial charge in [-0.1, -0.05) is 0 Å². The van der Waals surface area contributed by atoms with Crippen LogP contribution < -0.4 is 0 Å². The molecule has 2 fully saturated rings. The number of nitrogens with zero attached hydrogens (tertiary/aromatic N) is 3. The lowest BCUT2D eigenvalue weighted by atomic mass is 9.73. The van der Waals surface area contributed by atoms with Gasteiger partial charge < -0.3 is 19.5 Å². The smallest absolute Gasteiger partial charge is 0.253 e. The Hall–Kier alpha value is -2.41. The quantitative estimate of drug-likeness (QED) is 0.893. The van der Waals surface area contributed by atoms with E-state index in [1.54, 1.807) is 13.4 Å². The number of hydrogen-bond acceptors (Lipinski definition) is 4. The van der Waals surface area contributed by atoms with Gasteiger partial charge in [0, 0.05) is 50.7 Å². The summed E-state index contributed by atoms with van der Waals surface area (Å²) in [5, 5.41) is 0. The molecule has 2 aliphatic heterocycles. The molecule has 0 aliphatic carbocycles. The number of piperidine rings is 2. The number of H-pyrrole nitrogens is 1. The number of amides is 2. The molecule has 4 rings (SSSR count). The van der Waals surface area contributed by atoms with Crippen LogP contribution in [0.4, 0.5) is 0 Å². The molecular weight excluding hydrogens is 344 g/mol. The molecule has 7 nitrogen and oxygen atoms in total. The minimum atomic E-state index is 0.00759. The van der Waals surface area contributed by atoms with Gasteiger partial charge in [-0.25, -0.2) is 4.98 Å². The van der Waals surface area contributed by atoms with Gasteiger partial charge in [0.2, 0.25) is 5.91 Å². The summed E-state index contributed by atoms with van der Waals surface area (Å²) in [6.45, 7) is 3.38. The minimum absolute atomic E-state index is 0.00759. The van der Waals surface area contributed by atoms with Gasteiger partial charge in [0.15, 0.2) is 0 Å². The maximum absolute atomic E-state index is 13.1. The highest BCUT2D eigenvalue weighted by molar-refractivity contribution is 5.97. The van der Waals surface area contributed by atoms with E-state index in [1.165, 1.54) is 0 Å². The molecule has 1 aromatic heterocycles. The number of methoxy groups -OCH3 is 1. The Morgan fingerprint density at radius 3 is 3.07 bits per heavy atom. The number of ether oxygens (including phenoxy) is 1. The summed E-state index contributed by atoms with van der Waals surface area (Å²) in [6.07, 6.45) is 5.10. The van der Waals surface area contributed by atoms with E-state index >= 15 is 0 Å². The first-order chi connectivity index (χ1) is 13.1. The van der Waals surface area contributed by atoms with Crippen molar-refractivity contribution in [1.82, 2.24) is 19.8 Å². The van der Waals surface area contributed by atoms with Crippen LogP contribution in [0.1, 0.15) is 36.0 Å². The number of aromatic nitrogens is 2. The number of likely N-dealkylation sites (tertiary alicyclic amines) is 2. The number of nitrogens with one attached hydrogen (secondary N) is 1. The molecule has 1 aromatic carbocycles. The van der Waals surface area contributed by atoms with Gasteiger partial charge in [-0.05, 0) is 37.5 Å². The number of fused-ring (bicyclic) bond motifs is 1. The van der Waals surface area contributed by atoms with Crippen LogP contribution in [0.15, 0.2) is 24.5 Å². The van der Waals surface area contributed by atoms with Crippen molar-refractivity contribution in [2.75, 3.05) is 39.9 Å². The molecule has 0 bridgehead atoms. The fourth-order valence-corrected chi connectivity index (χ4v) is 4.47. The first-order valence-corrected chi connectivity index (χ1v) is 9.59. The van der Waals surface area contributed by atoms with E-state index in [-0.39, 0.29) is 17.2 Å². The third-order valence-corrected chi connectivity index (χ3v) is 5.93. The second-order valence-electron chi connectivity index (χ2n) is 7.77. The van der Waals surface area contributed by atoms with E-state index in [0.717, 1.165) is 43.4 Å². The zero-order valence-corrected chi connectivity index (χ0v) is 15.7. The third kappa shape index (κ3) is 3.56. The van der Waals surface area contributed by atoms with Crippen molar-refractivity contribution in [2.24, 2.45) is 5.41 Å². The molecule has 2 aliphatic rings. The van der Waals surface area contributed by atoms with E-state index in [2.05, 4.69) is 9.97 Å². The van der Waals surface area contributed by atoms with Crippen LogP contribution in [0.2, 0.25) is 0 Å². The van der Waals surface area contributed by atoms with Crippen LogP contribution in [0.25, 0.3) is 11.0 Å². The van der Waals surface area contributed by atoms with Gasteiger partial charge in [-0.3, -0.25) is 9.59 Å². The van der Waals surface area contributed by atoms with Crippen LogP contribution in [0.5, 0.6) is 0 Å². The third-order valence-electron chi connectivity index (χ3n) is 5.93. The van der Waals surface area contributed by atoms with Crippen molar-refractivity contribution in [3.05, 3.63) is 30.1 Å². The van der Waals surface area contributed by atoms with Gasteiger partial charge >= 0.3 is 0 Å². The second-order valence-corrected chi connectivity index (χ2v) is 7.77. The SMILES string of the molecule is COCCN1C[C@]2(CCCN(C(=O)c3ccc4nc[nH]c4c3)C2)CCC1=O. The number of benzene rings is 1. The highest BCUT2D eigenvalue weighted by Gasteiger charge is 2.42. The maximum atomic E-state index is 13.1. The number of hydrogen-bond donors (Lipinski definition) is 1. The molecule has 0 radical (unpaired) electrons. The largest absolute Gasteiger partial charge is 0.383 e. The van der Waals surface area contributed by atoms with E-state index in [9.17, 15) is 9.59 Å². The van der Waals surface area contributed by atoms with Gasteiger partial charge in [-0.15, -0.1) is 0 Å². The fraction of sp³-hybridized carbons (Fsp3) is 0.550. The van der Waals surface area contributed by atoms with Crippen LogP contribution in [0, 0.1) is 5.41 Å². The molecule has 1 N–H and O–H groups in total. The minimum Gasteiger partial charge on any atom is -0.383 e. The number of carbonyl (C=O) groups excluding carboxylic acids is 2. The van der Waals surface area contributed by atoms with Crippen molar-refractivity contribution < 1.29 is 14.3 Å². The lowest BCUT2D eigenvalue weighted by molar-refractivity contribution is -0.139. The highest BCUT2D eigenvalue weighted by Crippen LogP contribution is 2.39. The Morgan fingerprint density at radius 2 is 2.22 bits per heavy atom. The zero-order chi connectivity index (χ0) is 18.9. The maximum Gasteiger partial charge on any atom is 0.253 e. The summed E-state index contributed by atoms with van der Waals surface area (Å²) in [5.41, 5.74) is 2.43. The number of carbonyl (C=O) groups is 2. The van der Waals surface area contributed by atoms with Gasteiger partial charge in [0.1, 0.15) is 0 Å². The molecule has 0 unspecified atom stereocenters. The lowest BCUT2D eigenvalue weighted by Crippen LogP contribution is -2.55. The summed E-state index contributed by atoms with van der Waals surface area (Å²) >= 11 is 0. The molecule has 1 spiro atoms. The Kier molecular flexibility index (Phi) is 4.86. The summed E-state index contributed by atoms with van der Waals surface area (Å²) < 4.78 is 5.15. The van der Waals surface area contributed by atoms with Crippen molar-refractivity contribution in [1.29, 1.82) is 0 Å². The standard InChI is InChI=1S/C20H26N4O3/c1-27-10-9-23-12-20(7-5-18(23)25)6-2-8-24(13-20)19(26)15-3-4-16-17(11-15)22-14-21-16/h3-4,11,14H,2,5-10,12-13H2,1H3,(H,21,22)/t20-/m0/s1. The van der Waals surface area contributed by atoms with E-state index in [1.807, 2.05) is 28.0 Å². The monoisotopic (exact) mass is 370 g/mol. The molecule has 2 aromatic rings. The Morgan fingerprint density at radius 1 is 1.33 bits per heavy atom. The van der Waals surface area contributed by atoms with Crippen LogP contribution in [-0.4, -0.2) is 71.5 Å². The number of imidazole rings is 1. The molecule has 2 amide bonds. The molecule has 27 heavy (non-hydrogen) atoms.